The van der Waals surface area contributed by atoms with Crippen molar-refractivity contribution in [3.63, 3.8) is 0 Å². The van der Waals surface area contributed by atoms with E-state index in [4.69, 9.17) is 4.98 Å². The first-order valence-corrected chi connectivity index (χ1v) is 12.5. The van der Waals surface area contributed by atoms with Crippen LogP contribution in [0.15, 0.2) is 116 Å². The third kappa shape index (κ3) is 2.69. The van der Waals surface area contributed by atoms with E-state index >= 15 is 0 Å². The van der Waals surface area contributed by atoms with E-state index in [1.165, 1.54) is 42.0 Å². The SMILES string of the molecule is c1ccc(-n2cnc3cc(-n4c5ccccc5c5cc6sc7ccccc7c6cc54)ccc32)cc1. The Morgan fingerprint density at radius 2 is 1.31 bits per heavy atom. The predicted molar refractivity (Wildman–Crippen MR) is 148 cm³/mol. The molecule has 5 aromatic carbocycles. The van der Waals surface area contributed by atoms with Crippen LogP contribution in [0.3, 0.4) is 0 Å². The third-order valence-electron chi connectivity index (χ3n) is 6.99. The second kappa shape index (κ2) is 7.05. The van der Waals surface area contributed by atoms with Crippen molar-refractivity contribution in [3.05, 3.63) is 116 Å². The van der Waals surface area contributed by atoms with Gasteiger partial charge in [0.15, 0.2) is 0 Å². The smallest absolute Gasteiger partial charge is 0.100 e. The van der Waals surface area contributed by atoms with Gasteiger partial charge in [-0.3, -0.25) is 4.57 Å². The zero-order valence-electron chi connectivity index (χ0n) is 18.7. The Morgan fingerprint density at radius 1 is 0.514 bits per heavy atom. The van der Waals surface area contributed by atoms with Crippen molar-refractivity contribution in [3.8, 4) is 11.4 Å². The first kappa shape index (κ1) is 19.0. The van der Waals surface area contributed by atoms with Crippen molar-refractivity contribution < 1.29 is 0 Å². The Morgan fingerprint density at radius 3 is 2.23 bits per heavy atom. The number of para-hydroxylation sites is 2. The molecule has 164 valence electrons. The quantitative estimate of drug-likeness (QED) is 0.251. The number of aromatic nitrogens is 3. The normalized spacial score (nSPS) is 12.0. The molecule has 3 aromatic heterocycles. The van der Waals surface area contributed by atoms with Gasteiger partial charge in [0.05, 0.1) is 22.1 Å². The summed E-state index contributed by atoms with van der Waals surface area (Å²) in [7, 11) is 0. The van der Waals surface area contributed by atoms with Gasteiger partial charge in [0.1, 0.15) is 6.33 Å². The molecule has 0 N–H and O–H groups in total. The van der Waals surface area contributed by atoms with Crippen LogP contribution in [0.2, 0.25) is 0 Å². The van der Waals surface area contributed by atoms with Gasteiger partial charge in [-0.15, -0.1) is 11.3 Å². The van der Waals surface area contributed by atoms with Crippen molar-refractivity contribution in [2.24, 2.45) is 0 Å². The van der Waals surface area contributed by atoms with Gasteiger partial charge in [0.25, 0.3) is 0 Å². The van der Waals surface area contributed by atoms with Crippen molar-refractivity contribution in [2.75, 3.05) is 0 Å². The van der Waals surface area contributed by atoms with E-state index in [1.54, 1.807) is 0 Å². The lowest BCUT2D eigenvalue weighted by atomic mass is 10.1. The fraction of sp³-hybridized carbons (Fsp3) is 0. The molecule has 8 rings (SSSR count). The number of hydrogen-bond donors (Lipinski definition) is 0. The van der Waals surface area contributed by atoms with Crippen LogP contribution in [-0.4, -0.2) is 14.1 Å². The Balaban J connectivity index is 1.43. The van der Waals surface area contributed by atoms with E-state index in [-0.39, 0.29) is 0 Å². The van der Waals surface area contributed by atoms with Gasteiger partial charge >= 0.3 is 0 Å². The number of nitrogens with zero attached hydrogens (tertiary/aromatic N) is 3. The minimum atomic E-state index is 0.986. The van der Waals surface area contributed by atoms with Crippen molar-refractivity contribution in [1.29, 1.82) is 0 Å². The number of fused-ring (bicyclic) bond motifs is 7. The van der Waals surface area contributed by atoms with E-state index in [1.807, 2.05) is 23.7 Å². The number of thiophene rings is 1. The molecule has 35 heavy (non-hydrogen) atoms. The summed E-state index contributed by atoms with van der Waals surface area (Å²) in [5, 5.41) is 5.20. The molecule has 0 aliphatic carbocycles. The molecule has 0 aliphatic heterocycles. The maximum atomic E-state index is 4.76. The summed E-state index contributed by atoms with van der Waals surface area (Å²) in [5.74, 6) is 0. The highest BCUT2D eigenvalue weighted by atomic mass is 32.1. The van der Waals surface area contributed by atoms with Crippen LogP contribution in [0.25, 0.3) is 64.4 Å². The average molecular weight is 466 g/mol. The molecule has 0 amide bonds. The molecule has 3 heterocycles. The van der Waals surface area contributed by atoms with Gasteiger partial charge < -0.3 is 4.57 Å². The largest absolute Gasteiger partial charge is 0.309 e. The fourth-order valence-electron chi connectivity index (χ4n) is 5.40. The minimum absolute atomic E-state index is 0.986. The monoisotopic (exact) mass is 465 g/mol. The van der Waals surface area contributed by atoms with Gasteiger partial charge in [-0.05, 0) is 54.6 Å². The maximum absolute atomic E-state index is 4.76. The van der Waals surface area contributed by atoms with Crippen LogP contribution in [0.4, 0.5) is 0 Å². The Labute approximate surface area is 205 Å². The molecule has 0 saturated carbocycles. The lowest BCUT2D eigenvalue weighted by molar-refractivity contribution is 1.09. The number of hydrogen-bond acceptors (Lipinski definition) is 2. The van der Waals surface area contributed by atoms with Gasteiger partial charge in [-0.2, -0.15) is 0 Å². The second-order valence-corrected chi connectivity index (χ2v) is 10.0. The molecule has 0 spiro atoms. The highest BCUT2D eigenvalue weighted by Gasteiger charge is 2.16. The Kier molecular flexibility index (Phi) is 3.82. The zero-order chi connectivity index (χ0) is 22.9. The summed E-state index contributed by atoms with van der Waals surface area (Å²) in [6.45, 7) is 0. The topological polar surface area (TPSA) is 22.8 Å². The number of benzene rings is 5. The van der Waals surface area contributed by atoms with E-state index in [0.29, 0.717) is 0 Å². The highest BCUT2D eigenvalue weighted by Crippen LogP contribution is 2.40. The molecule has 4 heteroatoms. The third-order valence-corrected chi connectivity index (χ3v) is 8.13. The summed E-state index contributed by atoms with van der Waals surface area (Å²) < 4.78 is 7.20. The predicted octanol–water partition coefficient (Wildman–Crippen LogP) is 8.49. The maximum Gasteiger partial charge on any atom is 0.100 e. The fourth-order valence-corrected chi connectivity index (χ4v) is 6.53. The minimum Gasteiger partial charge on any atom is -0.309 e. The molecule has 0 saturated heterocycles. The summed E-state index contributed by atoms with van der Waals surface area (Å²) in [4.78, 5) is 4.76. The molecule has 0 fully saturated rings. The standard InChI is InChI=1S/C31H19N3S/c1-2-8-20(9-3-1)33-19-32-26-16-21(14-15-28(26)33)34-27-12-6-4-10-22(27)24-18-31-25(17-29(24)34)23-11-5-7-13-30(23)35-31/h1-19H. The molecule has 0 atom stereocenters. The van der Waals surface area contributed by atoms with E-state index in [2.05, 4.69) is 112 Å². The van der Waals surface area contributed by atoms with Gasteiger partial charge in [0.2, 0.25) is 0 Å². The van der Waals surface area contributed by atoms with Crippen LogP contribution in [0, 0.1) is 0 Å². The molecule has 0 aliphatic rings. The first-order chi connectivity index (χ1) is 17.3. The first-order valence-electron chi connectivity index (χ1n) is 11.7. The molecule has 8 aromatic rings. The number of imidazole rings is 1. The van der Waals surface area contributed by atoms with Crippen LogP contribution in [0.1, 0.15) is 0 Å². The van der Waals surface area contributed by atoms with Gasteiger partial charge in [0, 0.05) is 42.3 Å². The van der Waals surface area contributed by atoms with Crippen molar-refractivity contribution >= 4 is 64.3 Å². The van der Waals surface area contributed by atoms with Crippen molar-refractivity contribution in [2.45, 2.75) is 0 Å². The molecule has 0 unspecified atom stereocenters. The van der Waals surface area contributed by atoms with E-state index < -0.39 is 0 Å². The summed E-state index contributed by atoms with van der Waals surface area (Å²) >= 11 is 1.87. The van der Waals surface area contributed by atoms with Crippen molar-refractivity contribution in [1.82, 2.24) is 14.1 Å². The molecule has 0 bridgehead atoms. The van der Waals surface area contributed by atoms with Crippen LogP contribution < -0.4 is 0 Å². The summed E-state index contributed by atoms with van der Waals surface area (Å²) in [6.07, 6.45) is 1.91. The molecule has 0 radical (unpaired) electrons. The number of rotatable bonds is 2. The van der Waals surface area contributed by atoms with Gasteiger partial charge in [-0.1, -0.05) is 54.6 Å². The summed E-state index contributed by atoms with van der Waals surface area (Å²) in [5.41, 5.74) is 6.77. The molecular weight excluding hydrogens is 446 g/mol. The van der Waals surface area contributed by atoms with Crippen LogP contribution >= 0.6 is 11.3 Å². The zero-order valence-corrected chi connectivity index (χ0v) is 19.5. The Bertz CT molecular complexity index is 2060. The lowest BCUT2D eigenvalue weighted by Crippen LogP contribution is -1.95. The van der Waals surface area contributed by atoms with E-state index in [0.717, 1.165) is 22.4 Å². The highest BCUT2D eigenvalue weighted by molar-refractivity contribution is 7.25. The summed E-state index contributed by atoms with van der Waals surface area (Å²) in [6, 6.07) is 39.1. The second-order valence-electron chi connectivity index (χ2n) is 8.94. The lowest BCUT2D eigenvalue weighted by Gasteiger charge is -2.09. The van der Waals surface area contributed by atoms with Crippen LogP contribution in [-0.2, 0) is 0 Å². The van der Waals surface area contributed by atoms with Crippen LogP contribution in [0.5, 0.6) is 0 Å². The average Bonchev–Trinajstić information content (AvgIpc) is 3.59. The van der Waals surface area contributed by atoms with Gasteiger partial charge in [-0.25, -0.2) is 4.98 Å². The van der Waals surface area contributed by atoms with E-state index in [9.17, 15) is 0 Å². The molecular formula is C31H19N3S. The Hall–Kier alpha value is -4.41. The molecule has 3 nitrogen and oxygen atoms in total.